The molecular formula is C20H23ClN6O2. The van der Waals surface area contributed by atoms with E-state index in [4.69, 9.17) is 16.3 Å². The van der Waals surface area contributed by atoms with Crippen LogP contribution in [0.4, 0.5) is 10.6 Å². The Labute approximate surface area is 173 Å². The van der Waals surface area contributed by atoms with Crippen molar-refractivity contribution in [3.63, 3.8) is 0 Å². The largest absolute Gasteiger partial charge is 0.450 e. The van der Waals surface area contributed by atoms with Gasteiger partial charge in [0.05, 0.1) is 11.6 Å². The summed E-state index contributed by atoms with van der Waals surface area (Å²) in [5.41, 5.74) is 1.59. The molecule has 3 aromatic rings. The summed E-state index contributed by atoms with van der Waals surface area (Å²) < 4.78 is 5.12. The topological polar surface area (TPSA) is 96.0 Å². The maximum atomic E-state index is 12.0. The van der Waals surface area contributed by atoms with Crippen LogP contribution in [0.15, 0.2) is 30.7 Å². The van der Waals surface area contributed by atoms with Gasteiger partial charge in [-0.25, -0.2) is 19.7 Å². The van der Waals surface area contributed by atoms with Gasteiger partial charge in [0, 0.05) is 49.2 Å². The normalized spacial score (nSPS) is 16.8. The Bertz CT molecular complexity index is 1010. The van der Waals surface area contributed by atoms with Crippen LogP contribution in [0.1, 0.15) is 19.8 Å². The van der Waals surface area contributed by atoms with E-state index in [2.05, 4.69) is 25.3 Å². The van der Waals surface area contributed by atoms with Crippen molar-refractivity contribution in [2.75, 3.05) is 31.6 Å². The molecule has 3 aromatic heterocycles. The van der Waals surface area contributed by atoms with Crippen molar-refractivity contribution in [3.8, 4) is 11.4 Å². The summed E-state index contributed by atoms with van der Waals surface area (Å²) in [4.78, 5) is 30.2. The number of nitrogens with zero attached hydrogens (tertiary/aromatic N) is 4. The average molecular weight is 415 g/mol. The summed E-state index contributed by atoms with van der Waals surface area (Å²) in [5.74, 6) is 1.69. The number of fused-ring (bicyclic) bond motifs is 1. The molecule has 8 nitrogen and oxygen atoms in total. The predicted octanol–water partition coefficient (Wildman–Crippen LogP) is 3.95. The molecule has 0 radical (unpaired) electrons. The van der Waals surface area contributed by atoms with Crippen LogP contribution >= 0.6 is 11.6 Å². The second-order valence-electron chi connectivity index (χ2n) is 7.05. The number of hydrogen-bond acceptors (Lipinski definition) is 6. The molecule has 0 aromatic carbocycles. The molecule has 0 aliphatic carbocycles. The van der Waals surface area contributed by atoms with Crippen molar-refractivity contribution in [1.29, 1.82) is 0 Å². The summed E-state index contributed by atoms with van der Waals surface area (Å²) in [6.45, 7) is 4.40. The van der Waals surface area contributed by atoms with Crippen LogP contribution in [0.25, 0.3) is 22.4 Å². The van der Waals surface area contributed by atoms with Gasteiger partial charge in [0.2, 0.25) is 0 Å². The Morgan fingerprint density at radius 3 is 3.21 bits per heavy atom. The highest BCUT2D eigenvalue weighted by atomic mass is 35.5. The Kier molecular flexibility index (Phi) is 5.80. The molecule has 152 valence electrons. The van der Waals surface area contributed by atoms with Crippen LogP contribution in [-0.4, -0.2) is 57.2 Å². The third-order valence-electron chi connectivity index (χ3n) is 5.01. The fraction of sp³-hybridized carbons (Fsp3) is 0.400. The van der Waals surface area contributed by atoms with E-state index in [1.54, 1.807) is 17.3 Å². The third kappa shape index (κ3) is 4.42. The maximum absolute atomic E-state index is 12.0. The van der Waals surface area contributed by atoms with Crippen molar-refractivity contribution >= 4 is 34.5 Å². The van der Waals surface area contributed by atoms with E-state index in [9.17, 15) is 4.79 Å². The highest BCUT2D eigenvalue weighted by molar-refractivity contribution is 6.31. The Balaban J connectivity index is 1.44. The van der Waals surface area contributed by atoms with Crippen LogP contribution in [-0.2, 0) is 4.74 Å². The zero-order chi connectivity index (χ0) is 20.2. The van der Waals surface area contributed by atoms with Gasteiger partial charge in [-0.2, -0.15) is 0 Å². The highest BCUT2D eigenvalue weighted by Crippen LogP contribution is 2.27. The summed E-state index contributed by atoms with van der Waals surface area (Å²) in [6, 6.07) is 3.70. The van der Waals surface area contributed by atoms with Gasteiger partial charge in [-0.1, -0.05) is 11.6 Å². The SMILES string of the molecule is CCOC(=O)N1CCCC(CNc2ccnc(-c3c[nH]c4ncc(Cl)cc34)n2)C1. The third-order valence-corrected chi connectivity index (χ3v) is 5.22. The number of anilines is 1. The van der Waals surface area contributed by atoms with E-state index in [-0.39, 0.29) is 6.09 Å². The first-order chi connectivity index (χ1) is 14.1. The van der Waals surface area contributed by atoms with Crippen LogP contribution in [0.5, 0.6) is 0 Å². The minimum Gasteiger partial charge on any atom is -0.450 e. The van der Waals surface area contributed by atoms with E-state index in [1.807, 2.05) is 25.3 Å². The van der Waals surface area contributed by atoms with Gasteiger partial charge in [0.15, 0.2) is 5.82 Å². The van der Waals surface area contributed by atoms with Crippen molar-refractivity contribution < 1.29 is 9.53 Å². The van der Waals surface area contributed by atoms with Gasteiger partial charge in [0.25, 0.3) is 0 Å². The fourth-order valence-corrected chi connectivity index (χ4v) is 3.77. The number of ether oxygens (including phenoxy) is 1. The first-order valence-corrected chi connectivity index (χ1v) is 10.1. The number of likely N-dealkylation sites (tertiary alicyclic amines) is 1. The van der Waals surface area contributed by atoms with Crippen molar-refractivity contribution in [2.45, 2.75) is 19.8 Å². The second kappa shape index (κ2) is 8.65. The first-order valence-electron chi connectivity index (χ1n) is 9.75. The molecular weight excluding hydrogens is 392 g/mol. The van der Waals surface area contributed by atoms with Crippen LogP contribution in [0, 0.1) is 5.92 Å². The number of amides is 1. The van der Waals surface area contributed by atoms with Crippen LogP contribution < -0.4 is 5.32 Å². The molecule has 1 atom stereocenters. The molecule has 1 aliphatic heterocycles. The van der Waals surface area contributed by atoms with Crippen LogP contribution in [0.2, 0.25) is 5.02 Å². The number of nitrogens with one attached hydrogen (secondary N) is 2. The zero-order valence-corrected chi connectivity index (χ0v) is 16.9. The molecule has 0 spiro atoms. The van der Waals surface area contributed by atoms with Gasteiger partial charge < -0.3 is 19.9 Å². The standard InChI is InChI=1S/C20H23ClN6O2/c1-2-29-20(28)27-7-3-4-13(12-27)9-23-17-5-6-22-19(26-17)16-11-25-18-15(16)8-14(21)10-24-18/h5-6,8,10-11,13H,2-4,7,9,12H2,1H3,(H,24,25)(H,22,23,26). The highest BCUT2D eigenvalue weighted by Gasteiger charge is 2.24. The summed E-state index contributed by atoms with van der Waals surface area (Å²) in [5, 5.41) is 4.83. The molecule has 1 aliphatic rings. The van der Waals surface area contributed by atoms with E-state index in [0.29, 0.717) is 29.9 Å². The number of hydrogen-bond donors (Lipinski definition) is 2. The number of piperidine rings is 1. The average Bonchev–Trinajstić information content (AvgIpc) is 3.16. The van der Waals surface area contributed by atoms with Gasteiger partial charge in [0.1, 0.15) is 11.5 Å². The minimum atomic E-state index is -0.229. The Hall–Kier alpha value is -2.87. The Morgan fingerprint density at radius 2 is 2.34 bits per heavy atom. The zero-order valence-electron chi connectivity index (χ0n) is 16.2. The lowest BCUT2D eigenvalue weighted by atomic mass is 9.98. The molecule has 1 saturated heterocycles. The Morgan fingerprint density at radius 1 is 1.45 bits per heavy atom. The molecule has 9 heteroatoms. The molecule has 4 rings (SSSR count). The number of aromatic amines is 1. The number of carbonyl (C=O) groups excluding carboxylic acids is 1. The van der Waals surface area contributed by atoms with Crippen molar-refractivity contribution in [2.24, 2.45) is 5.92 Å². The molecule has 4 heterocycles. The second-order valence-corrected chi connectivity index (χ2v) is 7.49. The summed E-state index contributed by atoms with van der Waals surface area (Å²) in [7, 11) is 0. The summed E-state index contributed by atoms with van der Waals surface area (Å²) in [6.07, 6.45) is 6.98. The molecule has 29 heavy (non-hydrogen) atoms. The van der Waals surface area contributed by atoms with Crippen LogP contribution in [0.3, 0.4) is 0 Å². The van der Waals surface area contributed by atoms with E-state index in [0.717, 1.165) is 48.3 Å². The summed E-state index contributed by atoms with van der Waals surface area (Å²) >= 11 is 6.09. The number of pyridine rings is 1. The monoisotopic (exact) mass is 414 g/mol. The van der Waals surface area contributed by atoms with Crippen molar-refractivity contribution in [3.05, 3.63) is 35.7 Å². The number of carbonyl (C=O) groups is 1. The number of aromatic nitrogens is 4. The lowest BCUT2D eigenvalue weighted by Gasteiger charge is -2.32. The van der Waals surface area contributed by atoms with Gasteiger partial charge in [-0.15, -0.1) is 0 Å². The van der Waals surface area contributed by atoms with Gasteiger partial charge >= 0.3 is 6.09 Å². The molecule has 0 saturated carbocycles. The first kappa shape index (κ1) is 19.4. The molecule has 0 bridgehead atoms. The lowest BCUT2D eigenvalue weighted by molar-refractivity contribution is 0.0898. The lowest BCUT2D eigenvalue weighted by Crippen LogP contribution is -2.42. The predicted molar refractivity (Wildman–Crippen MR) is 112 cm³/mol. The molecule has 2 N–H and O–H groups in total. The van der Waals surface area contributed by atoms with E-state index >= 15 is 0 Å². The maximum Gasteiger partial charge on any atom is 0.409 e. The molecule has 1 amide bonds. The number of H-pyrrole nitrogens is 1. The van der Waals surface area contributed by atoms with Gasteiger partial charge in [-0.05, 0) is 37.8 Å². The van der Waals surface area contributed by atoms with E-state index in [1.165, 1.54) is 0 Å². The van der Waals surface area contributed by atoms with Gasteiger partial charge in [-0.3, -0.25) is 0 Å². The van der Waals surface area contributed by atoms with Crippen molar-refractivity contribution in [1.82, 2.24) is 24.8 Å². The minimum absolute atomic E-state index is 0.229. The smallest absolute Gasteiger partial charge is 0.409 e. The van der Waals surface area contributed by atoms with E-state index < -0.39 is 0 Å². The molecule has 1 unspecified atom stereocenters. The fourth-order valence-electron chi connectivity index (χ4n) is 3.61. The number of halogens is 1. The molecule has 1 fully saturated rings. The number of rotatable bonds is 5. The quantitative estimate of drug-likeness (QED) is 0.656.